The van der Waals surface area contributed by atoms with Gasteiger partial charge in [0.1, 0.15) is 10.1 Å². The number of hydrogen-bond donors (Lipinski definition) is 0. The SMILES string of the molecule is CCCCCCCCCCCCCCCCCCCC/C=C/OC(=O)c1cccc(S(=O)(=O)[O-])c1C(=O)O/C=C/CCCCCCCCCCCCCCCCCCCC.[Na+]. The summed E-state index contributed by atoms with van der Waals surface area (Å²) < 4.78 is 46.4. The summed E-state index contributed by atoms with van der Waals surface area (Å²) in [4.78, 5) is 25.1. The number of allylic oxidation sites excluding steroid dienone is 2. The summed E-state index contributed by atoms with van der Waals surface area (Å²) in [6.45, 7) is 4.54. The Morgan fingerprint density at radius 2 is 0.738 bits per heavy atom. The van der Waals surface area contributed by atoms with E-state index in [0.717, 1.165) is 38.2 Å². The van der Waals surface area contributed by atoms with Gasteiger partial charge in [-0.05, 0) is 50.0 Å². The average Bonchev–Trinajstić information content (AvgIpc) is 3.24. The first-order valence-corrected chi connectivity index (χ1v) is 26.5. The first-order valence-electron chi connectivity index (χ1n) is 25.1. The third kappa shape index (κ3) is 35.6. The Kier molecular flexibility index (Phi) is 42.7. The van der Waals surface area contributed by atoms with E-state index in [0.29, 0.717) is 6.42 Å². The van der Waals surface area contributed by atoms with Crippen LogP contribution in [-0.2, 0) is 19.6 Å². The molecule has 0 unspecified atom stereocenters. The molecule has 0 heterocycles. The Bertz CT molecular complexity index is 1340. The van der Waals surface area contributed by atoms with Gasteiger partial charge < -0.3 is 14.0 Å². The van der Waals surface area contributed by atoms with Crippen LogP contribution in [-0.4, -0.2) is 24.9 Å². The molecular formula is C52H89NaO7S. The molecule has 346 valence electrons. The van der Waals surface area contributed by atoms with Gasteiger partial charge in [-0.1, -0.05) is 238 Å². The molecule has 0 bridgehead atoms. The van der Waals surface area contributed by atoms with Gasteiger partial charge >= 0.3 is 41.5 Å². The van der Waals surface area contributed by atoms with Crippen molar-refractivity contribution >= 4 is 22.1 Å². The van der Waals surface area contributed by atoms with Crippen molar-refractivity contribution in [3.63, 3.8) is 0 Å². The van der Waals surface area contributed by atoms with E-state index in [1.807, 2.05) is 0 Å². The van der Waals surface area contributed by atoms with E-state index in [9.17, 15) is 22.6 Å². The Labute approximate surface area is 397 Å². The molecule has 0 fully saturated rings. The maximum Gasteiger partial charge on any atom is 1.00 e. The Hall–Kier alpha value is -1.45. The molecule has 0 aliphatic carbocycles. The summed E-state index contributed by atoms with van der Waals surface area (Å²) in [6, 6.07) is 3.51. The predicted octanol–water partition coefficient (Wildman–Crippen LogP) is 13.8. The van der Waals surface area contributed by atoms with Crippen LogP contribution in [0.3, 0.4) is 0 Å². The van der Waals surface area contributed by atoms with Crippen LogP contribution >= 0.6 is 0 Å². The number of carbonyl (C=O) groups excluding carboxylic acids is 2. The molecule has 0 N–H and O–H groups in total. The molecule has 1 aromatic rings. The Balaban J connectivity index is 0.0000360. The van der Waals surface area contributed by atoms with Crippen molar-refractivity contribution in [2.45, 2.75) is 263 Å². The minimum absolute atomic E-state index is 0. The first kappa shape index (κ1) is 59.5. The van der Waals surface area contributed by atoms with Gasteiger partial charge in [0.15, 0.2) is 0 Å². The van der Waals surface area contributed by atoms with Crippen molar-refractivity contribution in [3.8, 4) is 0 Å². The monoisotopic (exact) mass is 881 g/mol. The van der Waals surface area contributed by atoms with Gasteiger partial charge in [-0.3, -0.25) is 0 Å². The first-order chi connectivity index (χ1) is 29.3. The summed E-state index contributed by atoms with van der Waals surface area (Å²) in [5, 5.41) is 0. The van der Waals surface area contributed by atoms with E-state index in [-0.39, 0.29) is 35.1 Å². The molecule has 1 rings (SSSR count). The smallest absolute Gasteiger partial charge is 0.744 e. The normalized spacial score (nSPS) is 11.7. The number of unbranched alkanes of at least 4 members (excludes halogenated alkanes) is 36. The summed E-state index contributed by atoms with van der Waals surface area (Å²) >= 11 is 0. The van der Waals surface area contributed by atoms with E-state index in [1.54, 1.807) is 12.2 Å². The predicted molar refractivity (Wildman–Crippen MR) is 250 cm³/mol. The molecule has 0 saturated heterocycles. The zero-order valence-corrected chi connectivity index (χ0v) is 42.5. The quantitative estimate of drug-likeness (QED) is 0.0211. The molecule has 61 heavy (non-hydrogen) atoms. The van der Waals surface area contributed by atoms with Gasteiger partial charge in [0.25, 0.3) is 0 Å². The third-order valence-electron chi connectivity index (χ3n) is 11.7. The standard InChI is InChI=1S/C52H90O7S.Na/c1-3-5-7-9-11-13-15-17-19-21-23-25-27-29-31-33-35-37-39-41-46-58-51(53)48-44-43-45-49(60(55,56)57)50(48)52(54)59-47-42-40-38-36-34-32-30-28-26-24-22-20-18-16-14-12-10-8-6-4-2;/h41-47H,3-40H2,1-2H3,(H,55,56,57);/q;+1/p-1/b46-41+,47-42+;. The van der Waals surface area contributed by atoms with Gasteiger partial charge in [0.2, 0.25) is 0 Å². The van der Waals surface area contributed by atoms with E-state index < -0.39 is 32.5 Å². The fraction of sp³-hybridized carbons (Fsp3) is 0.769. The van der Waals surface area contributed by atoms with Crippen molar-refractivity contribution in [2.24, 2.45) is 0 Å². The largest absolute Gasteiger partial charge is 1.00 e. The fourth-order valence-corrected chi connectivity index (χ4v) is 8.61. The number of benzene rings is 1. The van der Waals surface area contributed by atoms with Gasteiger partial charge in [-0.15, -0.1) is 0 Å². The third-order valence-corrected chi connectivity index (χ3v) is 12.6. The number of carbonyl (C=O) groups is 2. The topological polar surface area (TPSA) is 110 Å². The molecule has 0 amide bonds. The van der Waals surface area contributed by atoms with Crippen LogP contribution in [0.25, 0.3) is 0 Å². The van der Waals surface area contributed by atoms with Crippen LogP contribution in [0.4, 0.5) is 0 Å². The molecule has 7 nitrogen and oxygen atoms in total. The van der Waals surface area contributed by atoms with Crippen LogP contribution in [0.2, 0.25) is 0 Å². The molecule has 0 atom stereocenters. The van der Waals surface area contributed by atoms with E-state index in [2.05, 4.69) is 13.8 Å². The summed E-state index contributed by atoms with van der Waals surface area (Å²) in [5.41, 5.74) is -0.932. The van der Waals surface area contributed by atoms with Crippen molar-refractivity contribution in [1.82, 2.24) is 0 Å². The second kappa shape index (κ2) is 43.8. The van der Waals surface area contributed by atoms with Crippen LogP contribution in [0.15, 0.2) is 47.8 Å². The number of ether oxygens (including phenoxy) is 2. The summed E-state index contributed by atoms with van der Waals surface area (Å²) in [6.07, 6.45) is 54.6. The molecule has 1 aromatic carbocycles. The number of esters is 2. The van der Waals surface area contributed by atoms with Gasteiger partial charge in [0, 0.05) is 0 Å². The van der Waals surface area contributed by atoms with Gasteiger partial charge in [-0.2, -0.15) is 0 Å². The van der Waals surface area contributed by atoms with Crippen LogP contribution in [0.5, 0.6) is 0 Å². The van der Waals surface area contributed by atoms with E-state index in [1.165, 1.54) is 230 Å². The number of hydrogen-bond acceptors (Lipinski definition) is 7. The Morgan fingerprint density at radius 3 is 1.03 bits per heavy atom. The molecule has 0 saturated carbocycles. The molecule has 9 heteroatoms. The Morgan fingerprint density at radius 1 is 0.459 bits per heavy atom. The van der Waals surface area contributed by atoms with Crippen LogP contribution < -0.4 is 29.6 Å². The maximum absolute atomic E-state index is 13.0. The van der Waals surface area contributed by atoms with Crippen LogP contribution in [0, 0.1) is 0 Å². The second-order valence-electron chi connectivity index (χ2n) is 17.3. The fourth-order valence-electron chi connectivity index (χ4n) is 7.93. The van der Waals surface area contributed by atoms with Crippen molar-refractivity contribution in [1.29, 1.82) is 0 Å². The zero-order chi connectivity index (χ0) is 43.6. The molecule has 0 spiro atoms. The van der Waals surface area contributed by atoms with Crippen LogP contribution in [0.1, 0.15) is 279 Å². The molecule has 0 aliphatic heterocycles. The zero-order valence-electron chi connectivity index (χ0n) is 39.7. The molecule has 0 radical (unpaired) electrons. The van der Waals surface area contributed by atoms with Crippen molar-refractivity contribution in [2.75, 3.05) is 0 Å². The van der Waals surface area contributed by atoms with Gasteiger partial charge in [-0.25, -0.2) is 18.0 Å². The summed E-state index contributed by atoms with van der Waals surface area (Å²) in [7, 11) is -5.06. The molecule has 0 aliphatic rings. The molecular weight excluding hydrogens is 792 g/mol. The van der Waals surface area contributed by atoms with Crippen molar-refractivity contribution in [3.05, 3.63) is 54.0 Å². The van der Waals surface area contributed by atoms with E-state index in [4.69, 9.17) is 9.47 Å². The molecule has 0 aromatic heterocycles. The minimum atomic E-state index is -5.06. The minimum Gasteiger partial charge on any atom is -0.744 e. The van der Waals surface area contributed by atoms with E-state index >= 15 is 0 Å². The second-order valence-corrected chi connectivity index (χ2v) is 18.6. The summed E-state index contributed by atoms with van der Waals surface area (Å²) in [5.74, 6) is -2.02. The van der Waals surface area contributed by atoms with Crippen molar-refractivity contribution < 1.29 is 61.6 Å². The maximum atomic E-state index is 13.0. The average molecular weight is 881 g/mol. The van der Waals surface area contributed by atoms with Gasteiger partial charge in [0.05, 0.1) is 28.5 Å². The number of rotatable bonds is 43.